The van der Waals surface area contributed by atoms with Crippen LogP contribution >= 0.6 is 0 Å². The largest absolute Gasteiger partial charge is 0.330 e. The van der Waals surface area contributed by atoms with Gasteiger partial charge in [0.2, 0.25) is 0 Å². The van der Waals surface area contributed by atoms with Crippen molar-refractivity contribution < 1.29 is 4.79 Å². The van der Waals surface area contributed by atoms with Crippen molar-refractivity contribution in [3.05, 3.63) is 0 Å². The van der Waals surface area contributed by atoms with Crippen molar-refractivity contribution in [2.45, 2.75) is 45.4 Å². The van der Waals surface area contributed by atoms with Gasteiger partial charge in [-0.1, -0.05) is 26.2 Å². The zero-order chi connectivity index (χ0) is 9.03. The normalized spacial score (nSPS) is 22.2. The van der Waals surface area contributed by atoms with Crippen molar-refractivity contribution in [2.75, 3.05) is 6.54 Å². The molecule has 0 bridgehead atoms. The van der Waals surface area contributed by atoms with E-state index in [1.807, 2.05) is 0 Å². The van der Waals surface area contributed by atoms with Crippen molar-refractivity contribution in [1.82, 2.24) is 0 Å². The maximum atomic E-state index is 11.6. The fraction of sp³-hybridized carbons (Fsp3) is 0.900. The van der Waals surface area contributed by atoms with Crippen LogP contribution in [-0.4, -0.2) is 12.3 Å². The van der Waals surface area contributed by atoms with E-state index in [2.05, 4.69) is 6.92 Å². The van der Waals surface area contributed by atoms with Crippen LogP contribution in [0.3, 0.4) is 0 Å². The van der Waals surface area contributed by atoms with Gasteiger partial charge in [-0.25, -0.2) is 0 Å². The third kappa shape index (κ3) is 2.07. The van der Waals surface area contributed by atoms with Gasteiger partial charge in [0.15, 0.2) is 0 Å². The maximum Gasteiger partial charge on any atom is 0.140 e. The van der Waals surface area contributed by atoms with Gasteiger partial charge in [0.1, 0.15) is 5.78 Å². The summed E-state index contributed by atoms with van der Waals surface area (Å²) in [5.41, 5.74) is 5.34. The van der Waals surface area contributed by atoms with E-state index in [0.29, 0.717) is 18.7 Å². The minimum absolute atomic E-state index is 0.0301. The Morgan fingerprint density at radius 1 is 1.33 bits per heavy atom. The Labute approximate surface area is 74.5 Å². The summed E-state index contributed by atoms with van der Waals surface area (Å²) in [5.74, 6) is 0.379. The molecule has 0 atom stereocenters. The van der Waals surface area contributed by atoms with Gasteiger partial charge >= 0.3 is 0 Å². The van der Waals surface area contributed by atoms with Crippen LogP contribution in [0.4, 0.5) is 0 Å². The Hall–Kier alpha value is -0.370. The summed E-state index contributed by atoms with van der Waals surface area (Å²) in [6.45, 7) is 2.61. The highest BCUT2D eigenvalue weighted by Crippen LogP contribution is 2.37. The topological polar surface area (TPSA) is 43.1 Å². The molecule has 0 spiro atoms. The van der Waals surface area contributed by atoms with E-state index in [1.165, 1.54) is 19.3 Å². The number of carbonyl (C=O) groups excluding carboxylic acids is 1. The van der Waals surface area contributed by atoms with Crippen LogP contribution in [0.25, 0.3) is 0 Å². The van der Waals surface area contributed by atoms with Crippen LogP contribution in [0.5, 0.6) is 0 Å². The average Bonchev–Trinajstić information content (AvgIpc) is 2.06. The lowest BCUT2D eigenvalue weighted by molar-refractivity contribution is -0.129. The molecule has 0 aromatic rings. The van der Waals surface area contributed by atoms with Gasteiger partial charge in [0.05, 0.1) is 0 Å². The molecule has 0 radical (unpaired) electrons. The van der Waals surface area contributed by atoms with Gasteiger partial charge in [-0.3, -0.25) is 4.79 Å². The molecule has 0 aromatic carbocycles. The molecule has 0 unspecified atom stereocenters. The second kappa shape index (κ2) is 4.04. The van der Waals surface area contributed by atoms with Gasteiger partial charge < -0.3 is 5.73 Å². The molecular weight excluding hydrogens is 150 g/mol. The SMILES string of the molecule is CC1(C(=O)CCN)CCCCC1. The Morgan fingerprint density at radius 2 is 1.92 bits per heavy atom. The zero-order valence-electron chi connectivity index (χ0n) is 7.94. The van der Waals surface area contributed by atoms with Gasteiger partial charge in [0, 0.05) is 11.8 Å². The lowest BCUT2D eigenvalue weighted by Crippen LogP contribution is -2.31. The quantitative estimate of drug-likeness (QED) is 0.701. The zero-order valence-corrected chi connectivity index (χ0v) is 7.94. The lowest BCUT2D eigenvalue weighted by Gasteiger charge is -2.31. The van der Waals surface area contributed by atoms with E-state index < -0.39 is 0 Å². The Morgan fingerprint density at radius 3 is 2.42 bits per heavy atom. The molecular formula is C10H19NO. The summed E-state index contributed by atoms with van der Waals surface area (Å²) >= 11 is 0. The highest BCUT2D eigenvalue weighted by atomic mass is 16.1. The van der Waals surface area contributed by atoms with Crippen molar-refractivity contribution in [2.24, 2.45) is 11.1 Å². The first-order valence-corrected chi connectivity index (χ1v) is 4.92. The molecule has 0 aromatic heterocycles. The van der Waals surface area contributed by atoms with Gasteiger partial charge in [-0.2, -0.15) is 0 Å². The standard InChI is InChI=1S/C10H19NO/c1-10(9(12)5-8-11)6-3-2-4-7-10/h2-8,11H2,1H3. The molecule has 1 aliphatic carbocycles. The first-order chi connectivity index (χ1) is 5.69. The van der Waals surface area contributed by atoms with Crippen molar-refractivity contribution in [3.8, 4) is 0 Å². The number of rotatable bonds is 3. The van der Waals surface area contributed by atoms with Crippen molar-refractivity contribution in [1.29, 1.82) is 0 Å². The monoisotopic (exact) mass is 169 g/mol. The summed E-state index contributed by atoms with van der Waals surface area (Å²) < 4.78 is 0. The number of ketones is 1. The first kappa shape index (κ1) is 9.72. The van der Waals surface area contributed by atoms with Crippen LogP contribution in [0.1, 0.15) is 45.4 Å². The molecule has 1 aliphatic rings. The summed E-state index contributed by atoms with van der Waals surface area (Å²) in [4.78, 5) is 11.6. The third-order valence-corrected chi connectivity index (χ3v) is 3.00. The fourth-order valence-corrected chi connectivity index (χ4v) is 2.04. The van der Waals surface area contributed by atoms with E-state index in [4.69, 9.17) is 5.73 Å². The molecule has 1 fully saturated rings. The number of hydrogen-bond acceptors (Lipinski definition) is 2. The van der Waals surface area contributed by atoms with Gasteiger partial charge in [-0.15, -0.1) is 0 Å². The molecule has 1 rings (SSSR count). The van der Waals surface area contributed by atoms with E-state index in [-0.39, 0.29) is 5.41 Å². The van der Waals surface area contributed by atoms with Gasteiger partial charge in [-0.05, 0) is 19.4 Å². The van der Waals surface area contributed by atoms with Crippen LogP contribution < -0.4 is 5.73 Å². The number of Topliss-reactive ketones (excluding diaryl/α,β-unsaturated/α-hetero) is 1. The van der Waals surface area contributed by atoms with Crippen LogP contribution in [0.15, 0.2) is 0 Å². The molecule has 1 saturated carbocycles. The lowest BCUT2D eigenvalue weighted by atomic mass is 9.72. The van der Waals surface area contributed by atoms with E-state index in [0.717, 1.165) is 12.8 Å². The predicted octanol–water partition coefficient (Wildman–Crippen LogP) is 1.87. The molecule has 70 valence electrons. The average molecular weight is 169 g/mol. The van der Waals surface area contributed by atoms with E-state index >= 15 is 0 Å². The number of hydrogen-bond donors (Lipinski definition) is 1. The molecule has 2 heteroatoms. The molecule has 2 nitrogen and oxygen atoms in total. The summed E-state index contributed by atoms with van der Waals surface area (Å²) in [5, 5.41) is 0. The maximum absolute atomic E-state index is 11.6. The minimum Gasteiger partial charge on any atom is -0.330 e. The van der Waals surface area contributed by atoms with Crippen molar-refractivity contribution in [3.63, 3.8) is 0 Å². The number of nitrogens with two attached hydrogens (primary N) is 1. The molecule has 0 saturated heterocycles. The smallest absolute Gasteiger partial charge is 0.140 e. The Balaban J connectivity index is 2.50. The third-order valence-electron chi connectivity index (χ3n) is 3.00. The fourth-order valence-electron chi connectivity index (χ4n) is 2.04. The molecule has 0 aliphatic heterocycles. The van der Waals surface area contributed by atoms with Crippen LogP contribution in [0.2, 0.25) is 0 Å². The minimum atomic E-state index is -0.0301. The summed E-state index contributed by atoms with van der Waals surface area (Å²) in [6.07, 6.45) is 6.44. The first-order valence-electron chi connectivity index (χ1n) is 4.92. The molecule has 2 N–H and O–H groups in total. The highest BCUT2D eigenvalue weighted by molar-refractivity contribution is 5.84. The van der Waals surface area contributed by atoms with Crippen LogP contribution in [-0.2, 0) is 4.79 Å². The molecule has 0 heterocycles. The predicted molar refractivity (Wildman–Crippen MR) is 49.9 cm³/mol. The summed E-state index contributed by atoms with van der Waals surface area (Å²) in [7, 11) is 0. The van der Waals surface area contributed by atoms with Crippen molar-refractivity contribution >= 4 is 5.78 Å². The van der Waals surface area contributed by atoms with Crippen LogP contribution in [0, 0.1) is 5.41 Å². The van der Waals surface area contributed by atoms with E-state index in [1.54, 1.807) is 0 Å². The Bertz CT molecular complexity index is 159. The molecule has 0 amide bonds. The number of carbonyl (C=O) groups is 1. The van der Waals surface area contributed by atoms with Gasteiger partial charge in [0.25, 0.3) is 0 Å². The summed E-state index contributed by atoms with van der Waals surface area (Å²) in [6, 6.07) is 0. The Kier molecular flexibility index (Phi) is 3.27. The highest BCUT2D eigenvalue weighted by Gasteiger charge is 2.33. The second-order valence-corrected chi connectivity index (χ2v) is 4.08. The van der Waals surface area contributed by atoms with E-state index in [9.17, 15) is 4.79 Å². The molecule has 12 heavy (non-hydrogen) atoms. The second-order valence-electron chi connectivity index (χ2n) is 4.08.